The Bertz CT molecular complexity index is 965. The molecule has 0 atom stereocenters. The Balaban J connectivity index is 1.99. The average Bonchev–Trinajstić information content (AvgIpc) is 3.02. The first-order chi connectivity index (χ1) is 13.6. The van der Waals surface area contributed by atoms with E-state index in [1.807, 2.05) is 58.0 Å². The minimum Gasteiger partial charge on any atom is -0.353 e. The summed E-state index contributed by atoms with van der Waals surface area (Å²) in [7, 11) is -3.52. The number of sulfone groups is 1. The number of hydrogen-bond donors (Lipinski definition) is 1. The van der Waals surface area contributed by atoms with Crippen LogP contribution in [0.25, 0.3) is 0 Å². The Morgan fingerprint density at radius 1 is 1.17 bits per heavy atom. The fourth-order valence-corrected chi connectivity index (χ4v) is 5.39. The summed E-state index contributed by atoms with van der Waals surface area (Å²) in [4.78, 5) is 18.7. The maximum Gasteiger partial charge on any atom is 0.240 e. The molecule has 158 valence electrons. The first kappa shape index (κ1) is 21.5. The van der Waals surface area contributed by atoms with Crippen molar-refractivity contribution in [1.82, 2.24) is 19.8 Å². The Morgan fingerprint density at radius 2 is 1.86 bits per heavy atom. The Morgan fingerprint density at radius 3 is 2.52 bits per heavy atom. The van der Waals surface area contributed by atoms with Crippen molar-refractivity contribution < 1.29 is 13.2 Å². The van der Waals surface area contributed by atoms with Crippen molar-refractivity contribution in [2.75, 3.05) is 18.8 Å². The topological polar surface area (TPSA) is 84.3 Å². The first-order valence-electron chi connectivity index (χ1n) is 9.95. The number of carbonyl (C=O) groups excluding carboxylic acids is 1. The first-order valence-corrected chi connectivity index (χ1v) is 11.6. The second kappa shape index (κ2) is 8.28. The molecule has 1 aliphatic rings. The summed E-state index contributed by atoms with van der Waals surface area (Å²) >= 11 is 0. The minimum atomic E-state index is -3.52. The van der Waals surface area contributed by atoms with Gasteiger partial charge in [0.2, 0.25) is 20.9 Å². The molecule has 0 aliphatic carbocycles. The third-order valence-electron chi connectivity index (χ3n) is 5.28. The van der Waals surface area contributed by atoms with Crippen molar-refractivity contribution >= 4 is 15.7 Å². The predicted octanol–water partition coefficient (Wildman–Crippen LogP) is 2.07. The lowest BCUT2D eigenvalue weighted by molar-refractivity contribution is -0.135. The van der Waals surface area contributed by atoms with Crippen LogP contribution in [0.4, 0.5) is 0 Å². The zero-order valence-corrected chi connectivity index (χ0v) is 18.4. The maximum absolute atomic E-state index is 13.0. The van der Waals surface area contributed by atoms with Gasteiger partial charge in [-0.2, -0.15) is 0 Å². The van der Waals surface area contributed by atoms with E-state index in [1.54, 1.807) is 10.8 Å². The number of benzene rings is 1. The van der Waals surface area contributed by atoms with Gasteiger partial charge in [-0.05, 0) is 25.3 Å². The molecule has 1 aliphatic heterocycles. The highest BCUT2D eigenvalue weighted by atomic mass is 32.2. The molecule has 1 aromatic heterocycles. The molecule has 0 unspecified atom stereocenters. The molecule has 1 aromatic carbocycles. The van der Waals surface area contributed by atoms with Gasteiger partial charge in [0.25, 0.3) is 0 Å². The van der Waals surface area contributed by atoms with Crippen LogP contribution in [0.1, 0.15) is 39.0 Å². The molecule has 3 rings (SSSR count). The highest BCUT2D eigenvalue weighted by molar-refractivity contribution is 7.91. The van der Waals surface area contributed by atoms with Gasteiger partial charge in [-0.25, -0.2) is 13.4 Å². The van der Waals surface area contributed by atoms with Crippen LogP contribution in [0.5, 0.6) is 0 Å². The Kier molecular flexibility index (Phi) is 6.14. The lowest BCUT2D eigenvalue weighted by Gasteiger charge is -2.41. The summed E-state index contributed by atoms with van der Waals surface area (Å²) in [6.45, 7) is 9.69. The smallest absolute Gasteiger partial charge is 0.240 e. The molecule has 1 amide bonds. The van der Waals surface area contributed by atoms with Crippen LogP contribution < -0.4 is 5.32 Å². The van der Waals surface area contributed by atoms with Gasteiger partial charge in [-0.15, -0.1) is 0 Å². The van der Waals surface area contributed by atoms with E-state index in [-0.39, 0.29) is 22.7 Å². The Hall–Kier alpha value is -2.19. The fraction of sp³-hybridized carbons (Fsp3) is 0.524. The van der Waals surface area contributed by atoms with Gasteiger partial charge >= 0.3 is 0 Å². The number of piperazine rings is 1. The summed E-state index contributed by atoms with van der Waals surface area (Å²) in [5.74, 6) is 0.0381. The molecule has 2 heterocycles. The van der Waals surface area contributed by atoms with Crippen molar-refractivity contribution in [3.8, 4) is 0 Å². The van der Waals surface area contributed by atoms with E-state index in [0.717, 1.165) is 11.3 Å². The second-order valence-electron chi connectivity index (χ2n) is 8.52. The fourth-order valence-electron chi connectivity index (χ4n) is 3.63. The Labute approximate surface area is 173 Å². The van der Waals surface area contributed by atoms with Crippen LogP contribution in [-0.2, 0) is 27.7 Å². The lowest BCUT2D eigenvalue weighted by atomic mass is 9.99. The molecule has 0 radical (unpaired) electrons. The van der Waals surface area contributed by atoms with E-state index >= 15 is 0 Å². The van der Waals surface area contributed by atoms with Crippen LogP contribution in [0, 0.1) is 5.92 Å². The molecule has 29 heavy (non-hydrogen) atoms. The number of imidazole rings is 1. The molecule has 8 heteroatoms. The van der Waals surface area contributed by atoms with Crippen LogP contribution >= 0.6 is 0 Å². The SMILES string of the molecule is CC(C)CS(=O)(=O)c1ncc(CN2CCNC(=O)C2(C)C)n1Cc1ccccc1. The van der Waals surface area contributed by atoms with E-state index in [9.17, 15) is 13.2 Å². The molecular formula is C21H30N4O3S. The van der Waals surface area contributed by atoms with Gasteiger partial charge in [-0.3, -0.25) is 9.69 Å². The van der Waals surface area contributed by atoms with E-state index in [1.165, 1.54) is 0 Å². The van der Waals surface area contributed by atoms with Gasteiger partial charge < -0.3 is 9.88 Å². The average molecular weight is 419 g/mol. The van der Waals surface area contributed by atoms with Crippen molar-refractivity contribution in [3.05, 3.63) is 47.8 Å². The molecule has 1 saturated heterocycles. The molecule has 1 fully saturated rings. The number of carbonyl (C=O) groups is 1. The second-order valence-corrected chi connectivity index (χ2v) is 10.4. The number of amides is 1. The lowest BCUT2D eigenvalue weighted by Crippen LogP contribution is -2.61. The van der Waals surface area contributed by atoms with Crippen molar-refractivity contribution in [1.29, 1.82) is 0 Å². The van der Waals surface area contributed by atoms with Crippen LogP contribution in [0.2, 0.25) is 0 Å². The summed E-state index contributed by atoms with van der Waals surface area (Å²) in [6, 6.07) is 9.75. The van der Waals surface area contributed by atoms with E-state index < -0.39 is 15.4 Å². The monoisotopic (exact) mass is 418 g/mol. The molecule has 0 saturated carbocycles. The summed E-state index contributed by atoms with van der Waals surface area (Å²) in [6.07, 6.45) is 1.64. The predicted molar refractivity (Wildman–Crippen MR) is 112 cm³/mol. The number of nitrogens with one attached hydrogen (secondary N) is 1. The highest BCUT2D eigenvalue weighted by Crippen LogP contribution is 2.24. The normalized spacial score (nSPS) is 17.5. The zero-order chi connectivity index (χ0) is 21.2. The zero-order valence-electron chi connectivity index (χ0n) is 17.6. The third-order valence-corrected chi connectivity index (χ3v) is 7.27. The molecular weight excluding hydrogens is 388 g/mol. The standard InChI is InChI=1S/C21H30N4O3S/c1-16(2)15-29(27,28)20-23-12-18(25(20)13-17-8-6-5-7-9-17)14-24-11-10-22-19(26)21(24,3)4/h5-9,12,16H,10-11,13-15H2,1-4H3,(H,22,26). The number of hydrogen-bond acceptors (Lipinski definition) is 5. The van der Waals surface area contributed by atoms with Crippen molar-refractivity contribution in [2.24, 2.45) is 5.92 Å². The maximum atomic E-state index is 13.0. The largest absolute Gasteiger partial charge is 0.353 e. The summed E-state index contributed by atoms with van der Waals surface area (Å²) in [5.41, 5.74) is 1.12. The highest BCUT2D eigenvalue weighted by Gasteiger charge is 2.38. The van der Waals surface area contributed by atoms with Crippen LogP contribution in [0.3, 0.4) is 0 Å². The summed E-state index contributed by atoms with van der Waals surface area (Å²) in [5, 5.41) is 3.00. The number of nitrogens with zero attached hydrogens (tertiary/aromatic N) is 3. The van der Waals surface area contributed by atoms with Gasteiger partial charge in [-0.1, -0.05) is 44.2 Å². The van der Waals surface area contributed by atoms with Crippen LogP contribution in [0.15, 0.2) is 41.7 Å². The minimum absolute atomic E-state index is 0.00930. The van der Waals surface area contributed by atoms with Gasteiger partial charge in [0.05, 0.1) is 29.7 Å². The van der Waals surface area contributed by atoms with Crippen molar-refractivity contribution in [2.45, 2.75) is 51.5 Å². The quantitative estimate of drug-likeness (QED) is 0.744. The van der Waals surface area contributed by atoms with Crippen molar-refractivity contribution in [3.63, 3.8) is 0 Å². The molecule has 2 aromatic rings. The molecule has 0 bridgehead atoms. The number of aromatic nitrogens is 2. The third kappa shape index (κ3) is 4.70. The molecule has 1 N–H and O–H groups in total. The van der Waals surface area contributed by atoms with Gasteiger partial charge in [0, 0.05) is 19.6 Å². The number of rotatable bonds is 7. The van der Waals surface area contributed by atoms with E-state index in [2.05, 4.69) is 15.2 Å². The van der Waals surface area contributed by atoms with Gasteiger partial charge in [0.15, 0.2) is 0 Å². The van der Waals surface area contributed by atoms with E-state index in [4.69, 9.17) is 0 Å². The molecule has 7 nitrogen and oxygen atoms in total. The van der Waals surface area contributed by atoms with Crippen LogP contribution in [-0.4, -0.2) is 53.2 Å². The summed E-state index contributed by atoms with van der Waals surface area (Å²) < 4.78 is 27.7. The van der Waals surface area contributed by atoms with Gasteiger partial charge in [0.1, 0.15) is 0 Å². The van der Waals surface area contributed by atoms with E-state index in [0.29, 0.717) is 26.2 Å². The molecule has 0 spiro atoms.